The Kier molecular flexibility index (Phi) is 4.96. The molecule has 0 spiro atoms. The number of hydrogen-bond donors (Lipinski definition) is 2. The highest BCUT2D eigenvalue weighted by Gasteiger charge is 2.04. The molecule has 1 heterocycles. The first-order valence-electron chi connectivity index (χ1n) is 7.86. The maximum absolute atomic E-state index is 6.02. The summed E-state index contributed by atoms with van der Waals surface area (Å²) in [4.78, 5) is 8.96. The molecule has 4 nitrogen and oxygen atoms in total. The summed E-state index contributed by atoms with van der Waals surface area (Å²) in [5.74, 6) is 1.28. The fourth-order valence-electron chi connectivity index (χ4n) is 2.36. The third-order valence-corrected chi connectivity index (χ3v) is 3.80. The van der Waals surface area contributed by atoms with Gasteiger partial charge in [-0.25, -0.2) is 4.98 Å². The molecule has 1 aromatic heterocycles. The predicted octanol–water partition coefficient (Wildman–Crippen LogP) is 5.49. The van der Waals surface area contributed by atoms with Gasteiger partial charge in [0, 0.05) is 28.2 Å². The lowest BCUT2D eigenvalue weighted by atomic mass is 10.1. The van der Waals surface area contributed by atoms with E-state index in [4.69, 9.17) is 11.6 Å². The van der Waals surface area contributed by atoms with E-state index in [1.807, 2.05) is 49.4 Å². The monoisotopic (exact) mass is 338 g/mol. The maximum Gasteiger partial charge on any atom is 0.229 e. The summed E-state index contributed by atoms with van der Waals surface area (Å²) in [6.45, 7) is 4.08. The number of aryl methyl sites for hydroxylation is 2. The standard InChI is InChI=1S/C19H19ClN4/c1-3-14-7-9-16(10-8-14)23-19-21-13(2)11-18(24-19)22-17-6-4-5-15(20)12-17/h4-12H,3H2,1-2H3,(H2,21,22,23,24). The number of anilines is 4. The van der Waals surface area contributed by atoms with E-state index in [0.717, 1.165) is 29.3 Å². The van der Waals surface area contributed by atoms with Gasteiger partial charge in [0.15, 0.2) is 0 Å². The van der Waals surface area contributed by atoms with Crippen LogP contribution in [0, 0.1) is 6.92 Å². The highest BCUT2D eigenvalue weighted by molar-refractivity contribution is 6.30. The van der Waals surface area contributed by atoms with Crippen LogP contribution in [0.1, 0.15) is 18.2 Å². The van der Waals surface area contributed by atoms with Gasteiger partial charge in [0.2, 0.25) is 5.95 Å². The molecular weight excluding hydrogens is 320 g/mol. The van der Waals surface area contributed by atoms with Crippen molar-refractivity contribution in [1.29, 1.82) is 0 Å². The fraction of sp³-hybridized carbons (Fsp3) is 0.158. The molecule has 24 heavy (non-hydrogen) atoms. The third kappa shape index (κ3) is 4.24. The minimum atomic E-state index is 0.559. The van der Waals surface area contributed by atoms with E-state index in [1.165, 1.54) is 5.56 Å². The van der Waals surface area contributed by atoms with Crippen LogP contribution in [0.3, 0.4) is 0 Å². The smallest absolute Gasteiger partial charge is 0.229 e. The molecule has 2 N–H and O–H groups in total. The SMILES string of the molecule is CCc1ccc(Nc2nc(C)cc(Nc3cccc(Cl)c3)n2)cc1. The maximum atomic E-state index is 6.02. The van der Waals surface area contributed by atoms with Crippen molar-refractivity contribution in [1.82, 2.24) is 9.97 Å². The van der Waals surface area contributed by atoms with Crippen molar-refractivity contribution in [2.75, 3.05) is 10.6 Å². The van der Waals surface area contributed by atoms with E-state index < -0.39 is 0 Å². The average molecular weight is 339 g/mol. The Hall–Kier alpha value is -2.59. The first-order chi connectivity index (χ1) is 11.6. The van der Waals surface area contributed by atoms with Crippen LogP contribution in [0.2, 0.25) is 5.02 Å². The Balaban J connectivity index is 1.80. The van der Waals surface area contributed by atoms with Crippen LogP contribution in [-0.2, 0) is 6.42 Å². The van der Waals surface area contributed by atoms with Gasteiger partial charge in [-0.15, -0.1) is 0 Å². The van der Waals surface area contributed by atoms with Crippen molar-refractivity contribution in [2.24, 2.45) is 0 Å². The topological polar surface area (TPSA) is 49.8 Å². The van der Waals surface area contributed by atoms with Gasteiger partial charge in [-0.2, -0.15) is 4.98 Å². The van der Waals surface area contributed by atoms with Crippen LogP contribution in [0.4, 0.5) is 23.1 Å². The van der Waals surface area contributed by atoms with Gasteiger partial charge >= 0.3 is 0 Å². The van der Waals surface area contributed by atoms with Crippen LogP contribution < -0.4 is 10.6 Å². The molecule has 0 bridgehead atoms. The Morgan fingerprint density at radius 1 is 0.917 bits per heavy atom. The third-order valence-electron chi connectivity index (χ3n) is 3.57. The minimum absolute atomic E-state index is 0.559. The van der Waals surface area contributed by atoms with Crippen LogP contribution >= 0.6 is 11.6 Å². The second kappa shape index (κ2) is 7.32. The van der Waals surface area contributed by atoms with E-state index in [-0.39, 0.29) is 0 Å². The molecule has 0 radical (unpaired) electrons. The Labute approximate surface area is 146 Å². The molecular formula is C19H19ClN4. The molecule has 0 aliphatic heterocycles. The molecule has 3 rings (SSSR count). The number of benzene rings is 2. The quantitative estimate of drug-likeness (QED) is 0.646. The zero-order chi connectivity index (χ0) is 16.9. The summed E-state index contributed by atoms with van der Waals surface area (Å²) in [6, 6.07) is 17.7. The fourth-order valence-corrected chi connectivity index (χ4v) is 2.55. The molecule has 0 saturated carbocycles. The minimum Gasteiger partial charge on any atom is -0.340 e. The predicted molar refractivity (Wildman–Crippen MR) is 101 cm³/mol. The zero-order valence-electron chi connectivity index (χ0n) is 13.7. The molecule has 0 saturated heterocycles. The van der Waals surface area contributed by atoms with E-state index in [2.05, 4.69) is 39.7 Å². The van der Waals surface area contributed by atoms with Crippen molar-refractivity contribution < 1.29 is 0 Å². The van der Waals surface area contributed by atoms with Crippen LogP contribution in [0.25, 0.3) is 0 Å². The molecule has 122 valence electrons. The van der Waals surface area contributed by atoms with Crippen molar-refractivity contribution >= 4 is 34.7 Å². The number of hydrogen-bond acceptors (Lipinski definition) is 4. The van der Waals surface area contributed by atoms with Crippen molar-refractivity contribution in [2.45, 2.75) is 20.3 Å². The Morgan fingerprint density at radius 3 is 2.42 bits per heavy atom. The zero-order valence-corrected chi connectivity index (χ0v) is 14.4. The number of rotatable bonds is 5. The van der Waals surface area contributed by atoms with E-state index in [9.17, 15) is 0 Å². The molecule has 0 fully saturated rings. The summed E-state index contributed by atoms with van der Waals surface area (Å²) in [5.41, 5.74) is 4.03. The number of halogens is 1. The highest BCUT2D eigenvalue weighted by Crippen LogP contribution is 2.21. The molecule has 2 aromatic carbocycles. The molecule has 0 atom stereocenters. The summed E-state index contributed by atoms with van der Waals surface area (Å²) in [7, 11) is 0. The Bertz CT molecular complexity index is 831. The van der Waals surface area contributed by atoms with Gasteiger partial charge < -0.3 is 10.6 Å². The second-order valence-corrected chi connectivity index (χ2v) is 5.97. The highest BCUT2D eigenvalue weighted by atomic mass is 35.5. The average Bonchev–Trinajstić information content (AvgIpc) is 2.55. The molecule has 0 aliphatic carbocycles. The molecule has 5 heteroatoms. The summed E-state index contributed by atoms with van der Waals surface area (Å²) in [5, 5.41) is 7.18. The van der Waals surface area contributed by atoms with Crippen LogP contribution in [0.15, 0.2) is 54.6 Å². The lowest BCUT2D eigenvalue weighted by Crippen LogP contribution is -2.02. The van der Waals surface area contributed by atoms with Gasteiger partial charge in [0.1, 0.15) is 5.82 Å². The van der Waals surface area contributed by atoms with E-state index in [1.54, 1.807) is 0 Å². The second-order valence-electron chi connectivity index (χ2n) is 5.53. The van der Waals surface area contributed by atoms with Gasteiger partial charge in [0.05, 0.1) is 0 Å². The van der Waals surface area contributed by atoms with Crippen molar-refractivity contribution in [3.05, 3.63) is 70.9 Å². The lowest BCUT2D eigenvalue weighted by molar-refractivity contribution is 1.10. The van der Waals surface area contributed by atoms with Crippen molar-refractivity contribution in [3.8, 4) is 0 Å². The first-order valence-corrected chi connectivity index (χ1v) is 8.24. The normalized spacial score (nSPS) is 10.5. The number of nitrogens with one attached hydrogen (secondary N) is 2. The molecule has 3 aromatic rings. The van der Waals surface area contributed by atoms with E-state index in [0.29, 0.717) is 11.0 Å². The number of aromatic nitrogens is 2. The largest absolute Gasteiger partial charge is 0.340 e. The van der Waals surface area contributed by atoms with Gasteiger partial charge in [-0.1, -0.05) is 36.7 Å². The van der Waals surface area contributed by atoms with Crippen molar-refractivity contribution in [3.63, 3.8) is 0 Å². The summed E-state index contributed by atoms with van der Waals surface area (Å²) < 4.78 is 0. The molecule has 0 amide bonds. The summed E-state index contributed by atoms with van der Waals surface area (Å²) >= 11 is 6.02. The first kappa shape index (κ1) is 16.3. The van der Waals surface area contributed by atoms with E-state index >= 15 is 0 Å². The Morgan fingerprint density at radius 2 is 1.71 bits per heavy atom. The van der Waals surface area contributed by atoms with Gasteiger partial charge in [-0.05, 0) is 49.2 Å². The van der Waals surface area contributed by atoms with Crippen LogP contribution in [0.5, 0.6) is 0 Å². The molecule has 0 aliphatic rings. The molecule has 0 unspecified atom stereocenters. The van der Waals surface area contributed by atoms with Crippen LogP contribution in [-0.4, -0.2) is 9.97 Å². The van der Waals surface area contributed by atoms with Gasteiger partial charge in [0.25, 0.3) is 0 Å². The lowest BCUT2D eigenvalue weighted by Gasteiger charge is -2.10. The van der Waals surface area contributed by atoms with Gasteiger partial charge in [-0.3, -0.25) is 0 Å². The summed E-state index contributed by atoms with van der Waals surface area (Å²) in [6.07, 6.45) is 1.02. The number of nitrogens with zero attached hydrogens (tertiary/aromatic N) is 2.